The molecule has 2 N–H and O–H groups in total. The van der Waals surface area contributed by atoms with Gasteiger partial charge in [0, 0.05) is 5.75 Å². The maximum atomic E-state index is 5.40. The first-order valence-corrected chi connectivity index (χ1v) is 4.87. The summed E-state index contributed by atoms with van der Waals surface area (Å²) < 4.78 is 0. The van der Waals surface area contributed by atoms with Crippen LogP contribution in [0.15, 0.2) is 17.4 Å². The first-order chi connectivity index (χ1) is 5.68. The molecule has 1 aromatic rings. The van der Waals surface area contributed by atoms with E-state index in [4.69, 9.17) is 5.73 Å². The van der Waals surface area contributed by atoms with E-state index in [1.54, 1.807) is 24.2 Å². The number of hydrogen-bond acceptors (Lipinski definition) is 4. The molecule has 1 aromatic heterocycles. The summed E-state index contributed by atoms with van der Waals surface area (Å²) in [4.78, 5) is 8.08. The van der Waals surface area contributed by atoms with Crippen molar-refractivity contribution >= 4 is 17.6 Å². The van der Waals surface area contributed by atoms with Crippen LogP contribution < -0.4 is 5.73 Å². The second-order valence-corrected chi connectivity index (χ2v) is 4.02. The van der Waals surface area contributed by atoms with E-state index < -0.39 is 0 Å². The van der Waals surface area contributed by atoms with Gasteiger partial charge in [0.1, 0.15) is 10.8 Å². The standard InChI is InChI=1S/C8H13N3S/c1-6(2)5-12-8-4-10-7(9)3-11-8/h3-4,6H,5H2,1-2H3,(H2,9,10). The fourth-order valence-electron chi connectivity index (χ4n) is 0.653. The van der Waals surface area contributed by atoms with E-state index in [2.05, 4.69) is 23.8 Å². The lowest BCUT2D eigenvalue weighted by Crippen LogP contribution is -1.94. The summed E-state index contributed by atoms with van der Waals surface area (Å²) in [6, 6.07) is 0. The molecule has 12 heavy (non-hydrogen) atoms. The molecule has 0 radical (unpaired) electrons. The first kappa shape index (κ1) is 9.32. The van der Waals surface area contributed by atoms with Crippen molar-refractivity contribution in [3.63, 3.8) is 0 Å². The monoisotopic (exact) mass is 183 g/mol. The smallest absolute Gasteiger partial charge is 0.141 e. The zero-order valence-corrected chi connectivity index (χ0v) is 8.14. The van der Waals surface area contributed by atoms with Crippen molar-refractivity contribution in [2.24, 2.45) is 5.92 Å². The quantitative estimate of drug-likeness (QED) is 0.726. The topological polar surface area (TPSA) is 51.8 Å². The summed E-state index contributed by atoms with van der Waals surface area (Å²) in [6.07, 6.45) is 3.30. The van der Waals surface area contributed by atoms with E-state index in [1.165, 1.54) is 0 Å². The summed E-state index contributed by atoms with van der Waals surface area (Å²) in [5.41, 5.74) is 5.40. The van der Waals surface area contributed by atoms with Crippen LogP contribution in [0.4, 0.5) is 5.82 Å². The molecular weight excluding hydrogens is 170 g/mol. The van der Waals surface area contributed by atoms with Crippen LogP contribution in [0.1, 0.15) is 13.8 Å². The van der Waals surface area contributed by atoms with Crippen LogP contribution in [-0.2, 0) is 0 Å². The van der Waals surface area contributed by atoms with Gasteiger partial charge < -0.3 is 5.73 Å². The second-order valence-electron chi connectivity index (χ2n) is 2.98. The largest absolute Gasteiger partial charge is 0.382 e. The molecular formula is C8H13N3S. The highest BCUT2D eigenvalue weighted by atomic mass is 32.2. The fraction of sp³-hybridized carbons (Fsp3) is 0.500. The van der Waals surface area contributed by atoms with Crippen LogP contribution in [0.3, 0.4) is 0 Å². The molecule has 0 saturated heterocycles. The molecule has 1 heterocycles. The van der Waals surface area contributed by atoms with Crippen LogP contribution in [0.2, 0.25) is 0 Å². The number of nitrogens with zero attached hydrogens (tertiary/aromatic N) is 2. The number of rotatable bonds is 3. The van der Waals surface area contributed by atoms with E-state index in [0.29, 0.717) is 11.7 Å². The van der Waals surface area contributed by atoms with E-state index in [1.807, 2.05) is 0 Å². The van der Waals surface area contributed by atoms with Gasteiger partial charge in [0.05, 0.1) is 12.4 Å². The Hall–Kier alpha value is -0.770. The number of nitrogens with two attached hydrogens (primary N) is 1. The Balaban J connectivity index is 2.48. The van der Waals surface area contributed by atoms with Crippen molar-refractivity contribution in [2.75, 3.05) is 11.5 Å². The van der Waals surface area contributed by atoms with Crippen LogP contribution in [0.25, 0.3) is 0 Å². The Morgan fingerprint density at radius 3 is 2.67 bits per heavy atom. The van der Waals surface area contributed by atoms with Gasteiger partial charge in [-0.15, -0.1) is 11.8 Å². The molecule has 0 bridgehead atoms. The molecule has 1 rings (SSSR count). The molecule has 0 amide bonds. The van der Waals surface area contributed by atoms with Gasteiger partial charge in [-0.05, 0) is 5.92 Å². The van der Waals surface area contributed by atoms with Gasteiger partial charge in [-0.25, -0.2) is 9.97 Å². The minimum Gasteiger partial charge on any atom is -0.382 e. The predicted molar refractivity (Wildman–Crippen MR) is 52.0 cm³/mol. The van der Waals surface area contributed by atoms with Crippen molar-refractivity contribution in [1.82, 2.24) is 9.97 Å². The van der Waals surface area contributed by atoms with Gasteiger partial charge in [0.15, 0.2) is 0 Å². The molecule has 0 atom stereocenters. The lowest BCUT2D eigenvalue weighted by Gasteiger charge is -2.02. The van der Waals surface area contributed by atoms with Gasteiger partial charge in [-0.3, -0.25) is 0 Å². The highest BCUT2D eigenvalue weighted by Crippen LogP contribution is 2.16. The molecule has 0 aliphatic carbocycles. The molecule has 0 saturated carbocycles. The predicted octanol–water partition coefficient (Wildman–Crippen LogP) is 1.81. The van der Waals surface area contributed by atoms with Crippen molar-refractivity contribution in [3.8, 4) is 0 Å². The molecule has 0 aliphatic heterocycles. The normalized spacial score (nSPS) is 10.6. The van der Waals surface area contributed by atoms with E-state index in [9.17, 15) is 0 Å². The minimum atomic E-state index is 0.476. The Morgan fingerprint density at radius 1 is 1.42 bits per heavy atom. The van der Waals surface area contributed by atoms with Gasteiger partial charge in [-0.1, -0.05) is 13.8 Å². The molecule has 0 spiro atoms. The molecule has 0 fully saturated rings. The third-order valence-electron chi connectivity index (χ3n) is 1.21. The van der Waals surface area contributed by atoms with E-state index in [0.717, 1.165) is 10.8 Å². The Bertz CT molecular complexity index is 233. The maximum Gasteiger partial charge on any atom is 0.141 e. The number of aromatic nitrogens is 2. The molecule has 0 unspecified atom stereocenters. The Labute approximate surface area is 76.8 Å². The van der Waals surface area contributed by atoms with Crippen molar-refractivity contribution in [2.45, 2.75) is 18.9 Å². The summed E-state index contributed by atoms with van der Waals surface area (Å²) >= 11 is 1.71. The highest BCUT2D eigenvalue weighted by molar-refractivity contribution is 7.99. The zero-order valence-electron chi connectivity index (χ0n) is 7.32. The third kappa shape index (κ3) is 3.09. The van der Waals surface area contributed by atoms with E-state index >= 15 is 0 Å². The second kappa shape index (κ2) is 4.30. The van der Waals surface area contributed by atoms with Gasteiger partial charge >= 0.3 is 0 Å². The van der Waals surface area contributed by atoms with Gasteiger partial charge in [0.2, 0.25) is 0 Å². The lowest BCUT2D eigenvalue weighted by atomic mass is 10.3. The maximum absolute atomic E-state index is 5.40. The fourth-order valence-corrected chi connectivity index (χ4v) is 1.41. The van der Waals surface area contributed by atoms with E-state index in [-0.39, 0.29) is 0 Å². The summed E-state index contributed by atoms with van der Waals surface area (Å²) in [6.45, 7) is 4.36. The Kier molecular flexibility index (Phi) is 3.34. The Morgan fingerprint density at radius 2 is 2.17 bits per heavy atom. The molecule has 4 heteroatoms. The summed E-state index contributed by atoms with van der Waals surface area (Å²) in [5, 5.41) is 0.943. The van der Waals surface area contributed by atoms with Crippen LogP contribution in [0.5, 0.6) is 0 Å². The SMILES string of the molecule is CC(C)CSc1cnc(N)cn1. The van der Waals surface area contributed by atoms with Crippen molar-refractivity contribution < 1.29 is 0 Å². The van der Waals surface area contributed by atoms with Crippen LogP contribution in [-0.4, -0.2) is 15.7 Å². The molecule has 66 valence electrons. The number of anilines is 1. The number of nitrogen functional groups attached to an aromatic ring is 1. The van der Waals surface area contributed by atoms with Crippen LogP contribution >= 0.6 is 11.8 Å². The lowest BCUT2D eigenvalue weighted by molar-refractivity contribution is 0.749. The van der Waals surface area contributed by atoms with Gasteiger partial charge in [0.25, 0.3) is 0 Å². The molecule has 0 aromatic carbocycles. The zero-order chi connectivity index (χ0) is 8.97. The first-order valence-electron chi connectivity index (χ1n) is 3.89. The number of thioether (sulfide) groups is 1. The van der Waals surface area contributed by atoms with Crippen molar-refractivity contribution in [1.29, 1.82) is 0 Å². The average Bonchev–Trinajstić information content (AvgIpc) is 2.03. The highest BCUT2D eigenvalue weighted by Gasteiger charge is 1.98. The summed E-state index contributed by atoms with van der Waals surface area (Å²) in [5.74, 6) is 2.22. The minimum absolute atomic E-state index is 0.476. The summed E-state index contributed by atoms with van der Waals surface area (Å²) in [7, 11) is 0. The van der Waals surface area contributed by atoms with Crippen molar-refractivity contribution in [3.05, 3.63) is 12.4 Å². The molecule has 0 aliphatic rings. The van der Waals surface area contributed by atoms with Gasteiger partial charge in [-0.2, -0.15) is 0 Å². The molecule has 3 nitrogen and oxygen atoms in total. The number of hydrogen-bond donors (Lipinski definition) is 1. The van der Waals surface area contributed by atoms with Crippen LogP contribution in [0, 0.1) is 5.92 Å². The average molecular weight is 183 g/mol. The third-order valence-corrected chi connectivity index (χ3v) is 2.55.